The molecule has 2 fully saturated rings. The summed E-state index contributed by atoms with van der Waals surface area (Å²) in [6.45, 7) is 4.24. The lowest BCUT2D eigenvalue weighted by Gasteiger charge is -2.38. The zero-order chi connectivity index (χ0) is 10.6. The third kappa shape index (κ3) is 0.842. The standard InChI is InChI=1S/C11H19NO2/c1-10(2)7-4-5-11(10,8(13)6-7)9(14)12-3/h7-8,13H,4-6H2,1-3H3,(H,12,14)/t7-,8+,11-/m1/s1. The van der Waals surface area contributed by atoms with E-state index in [9.17, 15) is 9.90 Å². The highest BCUT2D eigenvalue weighted by Gasteiger charge is 2.67. The molecular weight excluding hydrogens is 178 g/mol. The van der Waals surface area contributed by atoms with Gasteiger partial charge in [0.15, 0.2) is 0 Å². The van der Waals surface area contributed by atoms with Crippen LogP contribution in [0.25, 0.3) is 0 Å². The van der Waals surface area contributed by atoms with E-state index in [0.717, 1.165) is 19.3 Å². The number of nitrogens with one attached hydrogen (secondary N) is 1. The minimum Gasteiger partial charge on any atom is -0.392 e. The first kappa shape index (κ1) is 9.97. The van der Waals surface area contributed by atoms with Crippen molar-refractivity contribution in [3.63, 3.8) is 0 Å². The van der Waals surface area contributed by atoms with Crippen LogP contribution in [0.2, 0.25) is 0 Å². The van der Waals surface area contributed by atoms with Crippen molar-refractivity contribution < 1.29 is 9.90 Å². The molecule has 2 rings (SSSR count). The summed E-state index contributed by atoms with van der Waals surface area (Å²) >= 11 is 0. The molecule has 0 aliphatic heterocycles. The number of carbonyl (C=O) groups is 1. The second-order valence-electron chi connectivity index (χ2n) is 5.26. The van der Waals surface area contributed by atoms with Gasteiger partial charge in [-0.2, -0.15) is 0 Å². The Kier molecular flexibility index (Phi) is 1.94. The van der Waals surface area contributed by atoms with Crippen LogP contribution in [-0.4, -0.2) is 24.2 Å². The van der Waals surface area contributed by atoms with Gasteiger partial charge in [-0.1, -0.05) is 13.8 Å². The topological polar surface area (TPSA) is 49.3 Å². The number of amides is 1. The van der Waals surface area contributed by atoms with Crippen LogP contribution in [0, 0.1) is 16.7 Å². The molecule has 2 aliphatic carbocycles. The van der Waals surface area contributed by atoms with Crippen molar-refractivity contribution in [3.8, 4) is 0 Å². The maximum absolute atomic E-state index is 11.9. The van der Waals surface area contributed by atoms with Crippen LogP contribution in [0.4, 0.5) is 0 Å². The molecule has 0 spiro atoms. The molecule has 14 heavy (non-hydrogen) atoms. The lowest BCUT2D eigenvalue weighted by atomic mass is 9.67. The second-order valence-corrected chi connectivity index (χ2v) is 5.26. The molecule has 0 aromatic heterocycles. The molecule has 2 saturated carbocycles. The first-order valence-corrected chi connectivity index (χ1v) is 5.37. The van der Waals surface area contributed by atoms with E-state index in [1.165, 1.54) is 0 Å². The molecule has 3 heteroatoms. The smallest absolute Gasteiger partial charge is 0.229 e. The number of hydrogen-bond acceptors (Lipinski definition) is 2. The summed E-state index contributed by atoms with van der Waals surface area (Å²) in [5.74, 6) is 0.532. The van der Waals surface area contributed by atoms with Crippen molar-refractivity contribution in [3.05, 3.63) is 0 Å². The summed E-state index contributed by atoms with van der Waals surface area (Å²) in [5, 5.41) is 12.8. The Morgan fingerprint density at radius 3 is 2.50 bits per heavy atom. The Morgan fingerprint density at radius 2 is 2.14 bits per heavy atom. The van der Waals surface area contributed by atoms with Crippen molar-refractivity contribution in [2.24, 2.45) is 16.7 Å². The highest BCUT2D eigenvalue weighted by atomic mass is 16.3. The molecule has 2 N–H and O–H groups in total. The van der Waals surface area contributed by atoms with E-state index in [2.05, 4.69) is 19.2 Å². The van der Waals surface area contributed by atoms with Gasteiger partial charge in [-0.05, 0) is 30.6 Å². The van der Waals surface area contributed by atoms with Crippen molar-refractivity contribution in [2.75, 3.05) is 7.05 Å². The fraction of sp³-hybridized carbons (Fsp3) is 0.909. The van der Waals surface area contributed by atoms with Gasteiger partial charge in [-0.3, -0.25) is 4.79 Å². The van der Waals surface area contributed by atoms with Crippen LogP contribution < -0.4 is 5.32 Å². The lowest BCUT2D eigenvalue weighted by Crippen LogP contribution is -2.50. The SMILES string of the molecule is CNC(=O)[C@@]12CC[C@H](C[C@@H]1O)C2(C)C. The molecule has 0 unspecified atom stereocenters. The van der Waals surface area contributed by atoms with Gasteiger partial charge < -0.3 is 10.4 Å². The van der Waals surface area contributed by atoms with Gasteiger partial charge in [0.2, 0.25) is 5.91 Å². The average molecular weight is 197 g/mol. The highest BCUT2D eigenvalue weighted by Crippen LogP contribution is 2.65. The van der Waals surface area contributed by atoms with Crippen LogP contribution in [0.5, 0.6) is 0 Å². The maximum atomic E-state index is 11.9. The summed E-state index contributed by atoms with van der Waals surface area (Å²) < 4.78 is 0. The molecule has 2 bridgehead atoms. The third-order valence-electron chi connectivity index (χ3n) is 4.77. The van der Waals surface area contributed by atoms with E-state index in [1.54, 1.807) is 7.05 Å². The van der Waals surface area contributed by atoms with Gasteiger partial charge in [0.1, 0.15) is 0 Å². The lowest BCUT2D eigenvalue weighted by molar-refractivity contribution is -0.142. The Morgan fingerprint density at radius 1 is 1.50 bits per heavy atom. The molecule has 3 atom stereocenters. The normalized spacial score (nSPS) is 44.0. The Labute approximate surface area is 84.9 Å². The van der Waals surface area contributed by atoms with Gasteiger partial charge in [0, 0.05) is 7.05 Å². The van der Waals surface area contributed by atoms with E-state index >= 15 is 0 Å². The number of aliphatic hydroxyl groups is 1. The largest absolute Gasteiger partial charge is 0.392 e. The third-order valence-corrected chi connectivity index (χ3v) is 4.77. The molecular formula is C11H19NO2. The first-order chi connectivity index (χ1) is 6.46. The van der Waals surface area contributed by atoms with E-state index < -0.39 is 11.5 Å². The fourth-order valence-electron chi connectivity index (χ4n) is 3.71. The molecule has 0 aromatic carbocycles. The molecule has 3 nitrogen and oxygen atoms in total. The van der Waals surface area contributed by atoms with E-state index in [0.29, 0.717) is 5.92 Å². The van der Waals surface area contributed by atoms with Crippen LogP contribution in [-0.2, 0) is 4.79 Å². The highest BCUT2D eigenvalue weighted by molar-refractivity contribution is 5.85. The second kappa shape index (κ2) is 2.72. The summed E-state index contributed by atoms with van der Waals surface area (Å²) in [7, 11) is 1.66. The van der Waals surface area contributed by atoms with Gasteiger partial charge in [-0.25, -0.2) is 0 Å². The van der Waals surface area contributed by atoms with Crippen molar-refractivity contribution in [2.45, 2.75) is 39.2 Å². The number of fused-ring (bicyclic) bond motifs is 2. The van der Waals surface area contributed by atoms with Gasteiger partial charge in [-0.15, -0.1) is 0 Å². The van der Waals surface area contributed by atoms with Gasteiger partial charge in [0.05, 0.1) is 11.5 Å². The molecule has 80 valence electrons. The number of aliphatic hydroxyl groups excluding tert-OH is 1. The first-order valence-electron chi connectivity index (χ1n) is 5.37. The Balaban J connectivity index is 2.44. The minimum atomic E-state index is -0.521. The summed E-state index contributed by atoms with van der Waals surface area (Å²) in [5.41, 5.74) is -0.571. The molecule has 2 aliphatic rings. The predicted octanol–water partition coefficient (Wildman–Crippen LogP) is 0.920. The molecule has 0 saturated heterocycles. The van der Waals surface area contributed by atoms with E-state index in [1.807, 2.05) is 0 Å². The minimum absolute atomic E-state index is 0.0231. The monoisotopic (exact) mass is 197 g/mol. The van der Waals surface area contributed by atoms with Crippen molar-refractivity contribution in [1.29, 1.82) is 0 Å². The van der Waals surface area contributed by atoms with Gasteiger partial charge >= 0.3 is 0 Å². The molecule has 0 heterocycles. The summed E-state index contributed by atoms with van der Waals surface area (Å²) in [6.07, 6.45) is 2.26. The van der Waals surface area contributed by atoms with Crippen molar-refractivity contribution >= 4 is 5.91 Å². The van der Waals surface area contributed by atoms with Crippen molar-refractivity contribution in [1.82, 2.24) is 5.32 Å². The van der Waals surface area contributed by atoms with E-state index in [-0.39, 0.29) is 11.3 Å². The molecule has 0 radical (unpaired) electrons. The maximum Gasteiger partial charge on any atom is 0.229 e. The number of hydrogen-bond donors (Lipinski definition) is 2. The Bertz CT molecular complexity index is 274. The van der Waals surface area contributed by atoms with Crippen LogP contribution in [0.3, 0.4) is 0 Å². The Hall–Kier alpha value is -0.570. The van der Waals surface area contributed by atoms with Crippen LogP contribution in [0.1, 0.15) is 33.1 Å². The van der Waals surface area contributed by atoms with Gasteiger partial charge in [0.25, 0.3) is 0 Å². The number of carbonyl (C=O) groups excluding carboxylic acids is 1. The summed E-state index contributed by atoms with van der Waals surface area (Å²) in [4.78, 5) is 11.9. The van der Waals surface area contributed by atoms with Crippen LogP contribution >= 0.6 is 0 Å². The van der Waals surface area contributed by atoms with Crippen LogP contribution in [0.15, 0.2) is 0 Å². The fourth-order valence-corrected chi connectivity index (χ4v) is 3.71. The summed E-state index contributed by atoms with van der Waals surface area (Å²) in [6, 6.07) is 0. The molecule has 1 amide bonds. The zero-order valence-corrected chi connectivity index (χ0v) is 9.13. The zero-order valence-electron chi connectivity index (χ0n) is 9.13. The van der Waals surface area contributed by atoms with E-state index in [4.69, 9.17) is 0 Å². The number of rotatable bonds is 1. The average Bonchev–Trinajstić information content (AvgIpc) is 2.49. The quantitative estimate of drug-likeness (QED) is 0.656. The predicted molar refractivity (Wildman–Crippen MR) is 53.6 cm³/mol. The molecule has 0 aromatic rings.